The fourth-order valence-electron chi connectivity index (χ4n) is 3.75. The van der Waals surface area contributed by atoms with Crippen molar-refractivity contribution in [3.8, 4) is 0 Å². The molecule has 0 saturated carbocycles. The highest BCUT2D eigenvalue weighted by Crippen LogP contribution is 2.50. The first-order valence-electron chi connectivity index (χ1n) is 9.16. The molecule has 1 atom stereocenters. The summed E-state index contributed by atoms with van der Waals surface area (Å²) in [6, 6.07) is 11.2. The Bertz CT molecular complexity index is 930. The van der Waals surface area contributed by atoms with E-state index in [9.17, 15) is 9.59 Å². The van der Waals surface area contributed by atoms with Gasteiger partial charge in [0, 0.05) is 45.8 Å². The first-order valence-corrected chi connectivity index (χ1v) is 9.54. The van der Waals surface area contributed by atoms with Gasteiger partial charge in [0.15, 0.2) is 5.78 Å². The topological polar surface area (TPSA) is 46.2 Å². The molecule has 3 nitrogen and oxygen atoms in total. The minimum absolute atomic E-state index is 0.0284. The molecule has 0 fully saturated rings. The van der Waals surface area contributed by atoms with Crippen LogP contribution < -0.4 is 5.32 Å². The Balaban J connectivity index is 1.91. The van der Waals surface area contributed by atoms with Crippen LogP contribution in [0, 0.1) is 0 Å². The zero-order chi connectivity index (χ0) is 19.8. The second-order valence-electron chi connectivity index (χ2n) is 7.42. The number of hydrogen-bond acceptors (Lipinski definition) is 3. The van der Waals surface area contributed by atoms with Gasteiger partial charge in [0.25, 0.3) is 0 Å². The van der Waals surface area contributed by atoms with Crippen molar-refractivity contribution >= 4 is 28.9 Å². The van der Waals surface area contributed by atoms with Crippen LogP contribution in [0.25, 0.3) is 0 Å². The second-order valence-corrected chi connectivity index (χ2v) is 7.83. The molecule has 1 aliphatic heterocycles. The van der Waals surface area contributed by atoms with Gasteiger partial charge in [-0.05, 0) is 37.5 Å². The zero-order valence-electron chi connectivity index (χ0n) is 16.0. The molecule has 1 heterocycles. The highest BCUT2D eigenvalue weighted by Gasteiger charge is 2.42. The third kappa shape index (κ3) is 3.57. The fraction of sp³-hybridized carbons (Fsp3) is 0.304. The first-order chi connectivity index (χ1) is 12.8. The van der Waals surface area contributed by atoms with Crippen LogP contribution in [0.5, 0.6) is 0 Å². The summed E-state index contributed by atoms with van der Waals surface area (Å²) in [7, 11) is 0. The van der Waals surface area contributed by atoms with Crippen molar-refractivity contribution in [1.29, 1.82) is 0 Å². The summed E-state index contributed by atoms with van der Waals surface area (Å²) in [6.45, 7) is 9.84. The van der Waals surface area contributed by atoms with Crippen molar-refractivity contribution in [1.82, 2.24) is 0 Å². The van der Waals surface area contributed by atoms with Gasteiger partial charge in [-0.25, -0.2) is 0 Å². The quantitative estimate of drug-likeness (QED) is 0.671. The Morgan fingerprint density at radius 3 is 2.41 bits per heavy atom. The number of fused-ring (bicyclic) bond motifs is 1. The summed E-state index contributed by atoms with van der Waals surface area (Å²) in [5, 5.41) is 4.02. The van der Waals surface area contributed by atoms with E-state index in [0.29, 0.717) is 17.0 Å². The van der Waals surface area contributed by atoms with E-state index in [1.807, 2.05) is 31.2 Å². The van der Waals surface area contributed by atoms with E-state index >= 15 is 0 Å². The molecule has 2 aromatic carbocycles. The molecule has 1 N–H and O–H groups in total. The molecule has 2 aromatic rings. The van der Waals surface area contributed by atoms with Crippen molar-refractivity contribution < 1.29 is 9.59 Å². The maximum absolute atomic E-state index is 13.0. The summed E-state index contributed by atoms with van der Waals surface area (Å²) in [4.78, 5) is 24.2. The third-order valence-corrected chi connectivity index (χ3v) is 5.67. The number of carbonyl (C=O) groups is 2. The number of aryl methyl sites for hydroxylation is 1. The molecule has 1 unspecified atom stereocenters. The van der Waals surface area contributed by atoms with Crippen LogP contribution in [0.2, 0.25) is 5.02 Å². The van der Waals surface area contributed by atoms with Crippen molar-refractivity contribution in [3.63, 3.8) is 0 Å². The number of carbonyl (C=O) groups excluding carboxylic acids is 2. The average molecular weight is 382 g/mol. The molecule has 3 rings (SSSR count). The number of benzene rings is 2. The minimum Gasteiger partial charge on any atom is -0.358 e. The van der Waals surface area contributed by atoms with E-state index in [0.717, 1.165) is 28.9 Å². The number of ketones is 2. The van der Waals surface area contributed by atoms with E-state index in [1.54, 1.807) is 19.1 Å². The van der Waals surface area contributed by atoms with Gasteiger partial charge in [-0.15, -0.1) is 0 Å². The lowest BCUT2D eigenvalue weighted by molar-refractivity contribution is -0.116. The zero-order valence-corrected chi connectivity index (χ0v) is 16.7. The molecule has 0 radical (unpaired) electrons. The fourth-order valence-corrected chi connectivity index (χ4v) is 4.12. The van der Waals surface area contributed by atoms with E-state index < -0.39 is 5.41 Å². The van der Waals surface area contributed by atoms with E-state index in [1.165, 1.54) is 5.56 Å². The van der Waals surface area contributed by atoms with E-state index in [-0.39, 0.29) is 18.0 Å². The molecule has 0 aromatic heterocycles. The number of halogens is 1. The molecular weight excluding hydrogens is 358 g/mol. The van der Waals surface area contributed by atoms with Crippen molar-refractivity contribution in [2.75, 3.05) is 5.32 Å². The number of allylic oxidation sites excluding steroid dienone is 1. The van der Waals surface area contributed by atoms with Crippen molar-refractivity contribution in [2.45, 2.75) is 45.4 Å². The molecule has 140 valence electrons. The predicted octanol–water partition coefficient (Wildman–Crippen LogP) is 5.50. The number of anilines is 1. The number of rotatable bonds is 6. The molecule has 0 aliphatic carbocycles. The highest BCUT2D eigenvalue weighted by atomic mass is 35.5. The van der Waals surface area contributed by atoms with Crippen LogP contribution in [-0.4, -0.2) is 11.6 Å². The number of nitrogens with one attached hydrogen (secondary N) is 1. The van der Waals surface area contributed by atoms with E-state index in [4.69, 9.17) is 11.6 Å². The Morgan fingerprint density at radius 1 is 1.15 bits per heavy atom. The Hall–Kier alpha value is -2.39. The van der Waals surface area contributed by atoms with Crippen LogP contribution in [0.15, 0.2) is 48.7 Å². The smallest absolute Gasteiger partial charge is 0.164 e. The van der Waals surface area contributed by atoms with Gasteiger partial charge in [-0.2, -0.15) is 0 Å². The molecule has 0 amide bonds. The van der Waals surface area contributed by atoms with Gasteiger partial charge in [0.05, 0.1) is 0 Å². The second kappa shape index (κ2) is 7.32. The monoisotopic (exact) mass is 381 g/mol. The van der Waals surface area contributed by atoms with Crippen LogP contribution in [0.3, 0.4) is 0 Å². The maximum atomic E-state index is 13.0. The van der Waals surface area contributed by atoms with E-state index in [2.05, 4.69) is 18.8 Å². The van der Waals surface area contributed by atoms with Crippen LogP contribution >= 0.6 is 11.6 Å². The Morgan fingerprint density at radius 2 is 1.81 bits per heavy atom. The summed E-state index contributed by atoms with van der Waals surface area (Å²) in [5.41, 5.74) is 4.89. The SMILES string of the molecule is C=C1Nc2c(CC)ccc(Cl)c2C1(C)CC(=O)c1ccc(CC(C)=O)cc1. The molecule has 0 bridgehead atoms. The molecule has 0 spiro atoms. The Kier molecular flexibility index (Phi) is 5.25. The molecule has 27 heavy (non-hydrogen) atoms. The summed E-state index contributed by atoms with van der Waals surface area (Å²) >= 11 is 6.52. The normalized spacial score (nSPS) is 18.1. The number of Topliss-reactive ketones (excluding diaryl/α,β-unsaturated/α-hetero) is 2. The van der Waals surface area contributed by atoms with Crippen molar-refractivity contribution in [3.05, 3.63) is 76.0 Å². The maximum Gasteiger partial charge on any atom is 0.164 e. The lowest BCUT2D eigenvalue weighted by Crippen LogP contribution is -2.26. The summed E-state index contributed by atoms with van der Waals surface area (Å²) in [5.74, 6) is 0.133. The van der Waals surface area contributed by atoms with Gasteiger partial charge in [-0.1, -0.05) is 55.4 Å². The largest absolute Gasteiger partial charge is 0.358 e. The van der Waals surface area contributed by atoms with Gasteiger partial charge >= 0.3 is 0 Å². The molecular formula is C23H24ClNO2. The van der Waals surface area contributed by atoms with Gasteiger partial charge in [0.2, 0.25) is 0 Å². The van der Waals surface area contributed by atoms with Crippen LogP contribution in [0.4, 0.5) is 5.69 Å². The standard InChI is InChI=1S/C23H24ClNO2/c1-5-17-10-11-19(24)21-22(17)25-15(3)23(21,4)13-20(27)18-8-6-16(7-9-18)12-14(2)26/h6-11,25H,3,5,12-13H2,1-2,4H3. The average Bonchev–Trinajstić information content (AvgIpc) is 2.87. The Labute approximate surface area is 165 Å². The molecule has 0 saturated heterocycles. The third-order valence-electron chi connectivity index (χ3n) is 5.36. The molecule has 1 aliphatic rings. The lowest BCUT2D eigenvalue weighted by Gasteiger charge is -2.26. The predicted molar refractivity (Wildman–Crippen MR) is 111 cm³/mol. The van der Waals surface area contributed by atoms with Gasteiger partial charge in [0.1, 0.15) is 5.78 Å². The van der Waals surface area contributed by atoms with Crippen LogP contribution in [0.1, 0.15) is 54.2 Å². The van der Waals surface area contributed by atoms with Gasteiger partial charge < -0.3 is 5.32 Å². The van der Waals surface area contributed by atoms with Crippen LogP contribution in [-0.2, 0) is 23.1 Å². The van der Waals surface area contributed by atoms with Gasteiger partial charge in [-0.3, -0.25) is 9.59 Å². The summed E-state index contributed by atoms with van der Waals surface area (Å²) < 4.78 is 0. The van der Waals surface area contributed by atoms with Crippen molar-refractivity contribution in [2.24, 2.45) is 0 Å². The minimum atomic E-state index is -0.563. The number of hydrogen-bond donors (Lipinski definition) is 1. The molecule has 4 heteroatoms. The summed E-state index contributed by atoms with van der Waals surface area (Å²) in [6.07, 6.45) is 1.54. The lowest BCUT2D eigenvalue weighted by atomic mass is 9.76. The first kappa shape index (κ1) is 19.4. The highest BCUT2D eigenvalue weighted by molar-refractivity contribution is 6.32.